The molecule has 0 amide bonds. The first-order chi connectivity index (χ1) is 12.0. The molecule has 2 bridgehead atoms. The molecule has 2 aliphatic carbocycles. The molecule has 3 nitrogen and oxygen atoms in total. The first kappa shape index (κ1) is 16.1. The predicted octanol–water partition coefficient (Wildman–Crippen LogP) is 3.88. The van der Waals surface area contributed by atoms with E-state index in [-0.39, 0.29) is 11.0 Å². The molecule has 0 unspecified atom stereocenters. The number of hydrogen-bond donors (Lipinski definition) is 1. The average molecular weight is 341 g/mol. The Bertz CT molecular complexity index is 681. The van der Waals surface area contributed by atoms with Crippen molar-refractivity contribution in [3.05, 3.63) is 29.3 Å². The number of fused-ring (bicyclic) bond motifs is 1. The molecular weight excluding hydrogens is 310 g/mol. The number of phenolic OH excluding ortho intramolecular Hbond substituents is 1. The molecule has 2 heterocycles. The Hall–Kier alpha value is -1.06. The van der Waals surface area contributed by atoms with Gasteiger partial charge in [-0.2, -0.15) is 0 Å². The van der Waals surface area contributed by atoms with Gasteiger partial charge in [-0.1, -0.05) is 12.5 Å². The van der Waals surface area contributed by atoms with Gasteiger partial charge in [0.25, 0.3) is 0 Å². The van der Waals surface area contributed by atoms with Crippen molar-refractivity contribution in [1.82, 2.24) is 4.90 Å². The molecule has 3 heteroatoms. The Morgan fingerprint density at radius 2 is 2.12 bits per heavy atom. The molecule has 25 heavy (non-hydrogen) atoms. The molecule has 2 saturated heterocycles. The summed E-state index contributed by atoms with van der Waals surface area (Å²) in [5, 5.41) is 10.1. The summed E-state index contributed by atoms with van der Waals surface area (Å²) in [6, 6.07) is 6.73. The Morgan fingerprint density at radius 3 is 2.88 bits per heavy atom. The lowest BCUT2D eigenvalue weighted by atomic mass is 9.54. The van der Waals surface area contributed by atoms with Gasteiger partial charge in [0.1, 0.15) is 5.75 Å². The number of ether oxygens (including phenoxy) is 1. The van der Waals surface area contributed by atoms with Crippen LogP contribution < -0.4 is 0 Å². The van der Waals surface area contributed by atoms with E-state index in [4.69, 9.17) is 4.74 Å². The van der Waals surface area contributed by atoms with Crippen molar-refractivity contribution in [1.29, 1.82) is 0 Å². The number of aromatic hydroxyl groups is 1. The van der Waals surface area contributed by atoms with Gasteiger partial charge >= 0.3 is 0 Å². The topological polar surface area (TPSA) is 32.7 Å². The van der Waals surface area contributed by atoms with Gasteiger partial charge in [0, 0.05) is 18.0 Å². The molecule has 0 spiro atoms. The monoisotopic (exact) mass is 341 g/mol. The van der Waals surface area contributed by atoms with E-state index < -0.39 is 0 Å². The minimum absolute atomic E-state index is 0.0276. The lowest BCUT2D eigenvalue weighted by Gasteiger charge is -2.61. The van der Waals surface area contributed by atoms with Crippen molar-refractivity contribution in [3.63, 3.8) is 0 Å². The van der Waals surface area contributed by atoms with Gasteiger partial charge < -0.3 is 9.84 Å². The van der Waals surface area contributed by atoms with Crippen LogP contribution in [0.15, 0.2) is 18.2 Å². The highest BCUT2D eigenvalue weighted by atomic mass is 16.5. The van der Waals surface area contributed by atoms with Gasteiger partial charge in [0.2, 0.25) is 0 Å². The molecule has 136 valence electrons. The van der Waals surface area contributed by atoms with Crippen molar-refractivity contribution >= 4 is 0 Å². The molecule has 3 fully saturated rings. The lowest BCUT2D eigenvalue weighted by molar-refractivity contribution is -0.157. The fraction of sp³-hybridized carbons (Fsp3) is 0.727. The standard InChI is InChI=1S/C22H31NO2/c1-21(2)12-19-20-10-16-6-7-17(24)11-18(16)22(19,14-25-21)8-9-23(20)13-15-4-3-5-15/h6-7,11,15,19-20,24H,3-5,8-10,12-14H2,1-2H3/t19-,20+,22+/m0/s1. The number of benzene rings is 1. The summed E-state index contributed by atoms with van der Waals surface area (Å²) in [5.74, 6) is 1.99. The van der Waals surface area contributed by atoms with Crippen LogP contribution in [0, 0.1) is 11.8 Å². The number of hydrogen-bond acceptors (Lipinski definition) is 3. The second-order valence-electron chi connectivity index (χ2n) is 9.67. The van der Waals surface area contributed by atoms with Crippen molar-refractivity contribution in [2.45, 2.75) is 69.4 Å². The molecule has 4 aliphatic rings. The average Bonchev–Trinajstić information content (AvgIpc) is 2.52. The number of likely N-dealkylation sites (tertiary alicyclic amines) is 1. The Kier molecular flexibility index (Phi) is 3.53. The smallest absolute Gasteiger partial charge is 0.115 e. The van der Waals surface area contributed by atoms with E-state index in [1.54, 1.807) is 0 Å². The number of piperidine rings is 1. The van der Waals surface area contributed by atoms with Crippen LogP contribution in [0.1, 0.15) is 57.1 Å². The highest BCUT2D eigenvalue weighted by molar-refractivity contribution is 5.45. The van der Waals surface area contributed by atoms with Crippen LogP contribution in [-0.2, 0) is 16.6 Å². The fourth-order valence-corrected chi connectivity index (χ4v) is 6.09. The zero-order valence-electron chi connectivity index (χ0n) is 15.6. The summed E-state index contributed by atoms with van der Waals surface area (Å²) in [6.45, 7) is 7.81. The second-order valence-corrected chi connectivity index (χ2v) is 9.67. The maximum absolute atomic E-state index is 10.1. The summed E-state index contributed by atoms with van der Waals surface area (Å²) in [4.78, 5) is 2.82. The van der Waals surface area contributed by atoms with Crippen LogP contribution in [0.5, 0.6) is 5.75 Å². The highest BCUT2D eigenvalue weighted by Gasteiger charge is 2.57. The third kappa shape index (κ3) is 2.46. The number of nitrogens with zero attached hydrogens (tertiary/aromatic N) is 1. The molecule has 5 rings (SSSR count). The first-order valence-electron chi connectivity index (χ1n) is 10.2. The van der Waals surface area contributed by atoms with Crippen LogP contribution in [0.2, 0.25) is 0 Å². The van der Waals surface area contributed by atoms with Crippen molar-refractivity contribution in [2.24, 2.45) is 11.8 Å². The minimum atomic E-state index is -0.0276. The largest absolute Gasteiger partial charge is 0.508 e. The molecule has 1 N–H and O–H groups in total. The van der Waals surface area contributed by atoms with E-state index in [1.807, 2.05) is 12.1 Å². The lowest BCUT2D eigenvalue weighted by Crippen LogP contribution is -2.66. The minimum Gasteiger partial charge on any atom is -0.508 e. The van der Waals surface area contributed by atoms with E-state index in [0.717, 1.165) is 25.4 Å². The van der Waals surface area contributed by atoms with Gasteiger partial charge in [0.15, 0.2) is 0 Å². The van der Waals surface area contributed by atoms with Gasteiger partial charge in [-0.15, -0.1) is 0 Å². The van der Waals surface area contributed by atoms with Crippen LogP contribution in [0.4, 0.5) is 0 Å². The molecular formula is C22H31NO2. The summed E-state index contributed by atoms with van der Waals surface area (Å²) in [7, 11) is 0. The first-order valence-corrected chi connectivity index (χ1v) is 10.2. The van der Waals surface area contributed by atoms with Crippen LogP contribution in [0.3, 0.4) is 0 Å². The van der Waals surface area contributed by atoms with E-state index in [1.165, 1.54) is 49.9 Å². The SMILES string of the molecule is CC1(C)C[C@H]2[C@H]3Cc4ccc(O)cc4[C@@]2(CCN3CC2CCC2)CO1. The number of phenols is 1. The van der Waals surface area contributed by atoms with Gasteiger partial charge in [-0.25, -0.2) is 0 Å². The Labute approximate surface area is 151 Å². The van der Waals surface area contributed by atoms with Crippen LogP contribution in [0.25, 0.3) is 0 Å². The molecule has 0 aromatic heterocycles. The highest BCUT2D eigenvalue weighted by Crippen LogP contribution is 2.55. The molecule has 1 saturated carbocycles. The fourth-order valence-electron chi connectivity index (χ4n) is 6.09. The van der Waals surface area contributed by atoms with Gasteiger partial charge in [-0.05, 0) is 87.6 Å². The van der Waals surface area contributed by atoms with Gasteiger partial charge in [0.05, 0.1) is 12.2 Å². The third-order valence-electron chi connectivity index (χ3n) is 7.70. The van der Waals surface area contributed by atoms with Crippen LogP contribution >= 0.6 is 0 Å². The Morgan fingerprint density at radius 1 is 1.28 bits per heavy atom. The summed E-state index contributed by atoms with van der Waals surface area (Å²) in [6.07, 6.45) is 7.74. The molecule has 1 aromatic carbocycles. The zero-order chi connectivity index (χ0) is 17.2. The van der Waals surface area contributed by atoms with E-state index >= 15 is 0 Å². The zero-order valence-corrected chi connectivity index (χ0v) is 15.6. The van der Waals surface area contributed by atoms with Crippen molar-refractivity contribution < 1.29 is 9.84 Å². The maximum Gasteiger partial charge on any atom is 0.115 e. The van der Waals surface area contributed by atoms with Crippen LogP contribution in [-0.4, -0.2) is 41.3 Å². The quantitative estimate of drug-likeness (QED) is 0.886. The molecule has 2 aliphatic heterocycles. The van der Waals surface area contributed by atoms with Gasteiger partial charge in [-0.3, -0.25) is 4.90 Å². The molecule has 1 aromatic rings. The maximum atomic E-state index is 10.1. The predicted molar refractivity (Wildman–Crippen MR) is 98.9 cm³/mol. The normalized spacial score (nSPS) is 37.0. The van der Waals surface area contributed by atoms with E-state index in [0.29, 0.717) is 17.7 Å². The molecule has 3 atom stereocenters. The Balaban J connectivity index is 1.55. The molecule has 0 radical (unpaired) electrons. The second kappa shape index (κ2) is 5.47. The summed E-state index contributed by atoms with van der Waals surface area (Å²) < 4.78 is 6.36. The van der Waals surface area contributed by atoms with E-state index in [9.17, 15) is 5.11 Å². The summed E-state index contributed by atoms with van der Waals surface area (Å²) >= 11 is 0. The summed E-state index contributed by atoms with van der Waals surface area (Å²) in [5.41, 5.74) is 2.91. The number of rotatable bonds is 2. The van der Waals surface area contributed by atoms with E-state index in [2.05, 4.69) is 24.8 Å². The third-order valence-corrected chi connectivity index (χ3v) is 7.70. The van der Waals surface area contributed by atoms with Crippen molar-refractivity contribution in [3.8, 4) is 5.75 Å². The van der Waals surface area contributed by atoms with Crippen molar-refractivity contribution in [2.75, 3.05) is 19.7 Å².